The lowest BCUT2D eigenvalue weighted by atomic mass is 9.97. The van der Waals surface area contributed by atoms with Crippen molar-refractivity contribution in [3.8, 4) is 0 Å². The van der Waals surface area contributed by atoms with Gasteiger partial charge in [0.2, 0.25) is 0 Å². The summed E-state index contributed by atoms with van der Waals surface area (Å²) >= 11 is 0. The average Bonchev–Trinajstić information content (AvgIpc) is 2.87. The van der Waals surface area contributed by atoms with Crippen LogP contribution in [-0.4, -0.2) is 6.54 Å². The molecule has 1 heterocycles. The molecule has 0 radical (unpaired) electrons. The number of benzene rings is 1. The van der Waals surface area contributed by atoms with Crippen LogP contribution in [0, 0.1) is 12.7 Å². The van der Waals surface area contributed by atoms with Crippen molar-refractivity contribution in [1.29, 1.82) is 0 Å². The molecule has 0 bridgehead atoms. The van der Waals surface area contributed by atoms with Gasteiger partial charge >= 0.3 is 0 Å². The number of aryl methyl sites for hydroxylation is 1. The minimum atomic E-state index is -0.182. The van der Waals surface area contributed by atoms with Crippen molar-refractivity contribution >= 4 is 0 Å². The van der Waals surface area contributed by atoms with Gasteiger partial charge in [-0.3, -0.25) is 0 Å². The lowest BCUT2D eigenvalue weighted by Gasteiger charge is -2.17. The number of halogens is 1. The second kappa shape index (κ2) is 5.83. The molecule has 0 amide bonds. The summed E-state index contributed by atoms with van der Waals surface area (Å²) in [5.74, 6) is -0.182. The van der Waals surface area contributed by atoms with E-state index in [1.807, 2.05) is 19.1 Å². The van der Waals surface area contributed by atoms with Crippen LogP contribution >= 0.6 is 0 Å². The van der Waals surface area contributed by atoms with Gasteiger partial charge in [-0.1, -0.05) is 13.0 Å². The maximum absolute atomic E-state index is 13.3. The van der Waals surface area contributed by atoms with E-state index in [9.17, 15) is 4.39 Å². The van der Waals surface area contributed by atoms with Crippen LogP contribution in [0.15, 0.2) is 41.2 Å². The molecule has 1 unspecified atom stereocenters. The largest absolute Gasteiger partial charge is 0.472 e. The first kappa shape index (κ1) is 12.8. The lowest BCUT2D eigenvalue weighted by Crippen LogP contribution is -2.22. The Bertz CT molecular complexity index is 493. The Kier molecular flexibility index (Phi) is 4.15. The molecule has 0 aliphatic rings. The second-order valence-corrected chi connectivity index (χ2v) is 4.44. The van der Waals surface area contributed by atoms with E-state index < -0.39 is 0 Å². The predicted octanol–water partition coefficient (Wildman–Crippen LogP) is 3.62. The summed E-state index contributed by atoms with van der Waals surface area (Å²) in [5, 5.41) is 3.40. The maximum atomic E-state index is 13.3. The van der Waals surface area contributed by atoms with Gasteiger partial charge in [0, 0.05) is 11.6 Å². The number of rotatable bonds is 5. The number of nitrogens with one attached hydrogen (secondary N) is 1. The van der Waals surface area contributed by atoms with Crippen LogP contribution in [0.1, 0.15) is 29.7 Å². The van der Waals surface area contributed by atoms with Crippen molar-refractivity contribution in [2.75, 3.05) is 6.54 Å². The van der Waals surface area contributed by atoms with Gasteiger partial charge in [-0.15, -0.1) is 0 Å². The van der Waals surface area contributed by atoms with Crippen LogP contribution in [0.5, 0.6) is 0 Å². The molecule has 0 saturated heterocycles. The molecule has 2 nitrogen and oxygen atoms in total. The van der Waals surface area contributed by atoms with Gasteiger partial charge in [-0.2, -0.15) is 0 Å². The van der Waals surface area contributed by atoms with Gasteiger partial charge in [0.05, 0.1) is 12.5 Å². The van der Waals surface area contributed by atoms with E-state index >= 15 is 0 Å². The molecule has 0 aliphatic carbocycles. The summed E-state index contributed by atoms with van der Waals surface area (Å²) in [4.78, 5) is 0. The Balaban J connectivity index is 2.21. The van der Waals surface area contributed by atoms with Crippen LogP contribution < -0.4 is 5.32 Å². The van der Waals surface area contributed by atoms with Gasteiger partial charge < -0.3 is 9.73 Å². The molecule has 1 N–H and O–H groups in total. The fraction of sp³-hybridized carbons (Fsp3) is 0.333. The third-order valence-corrected chi connectivity index (χ3v) is 3.13. The molecule has 2 aromatic rings. The number of furan rings is 1. The summed E-state index contributed by atoms with van der Waals surface area (Å²) in [6.45, 7) is 4.93. The Labute approximate surface area is 107 Å². The second-order valence-electron chi connectivity index (χ2n) is 4.44. The van der Waals surface area contributed by atoms with Crippen molar-refractivity contribution < 1.29 is 8.81 Å². The van der Waals surface area contributed by atoms with E-state index in [0.29, 0.717) is 0 Å². The van der Waals surface area contributed by atoms with E-state index in [2.05, 4.69) is 12.2 Å². The third kappa shape index (κ3) is 2.99. The van der Waals surface area contributed by atoms with Crippen LogP contribution in [0.2, 0.25) is 0 Å². The van der Waals surface area contributed by atoms with E-state index in [4.69, 9.17) is 4.42 Å². The highest BCUT2D eigenvalue weighted by atomic mass is 19.1. The molecule has 2 rings (SSSR count). The normalized spacial score (nSPS) is 12.6. The lowest BCUT2D eigenvalue weighted by molar-refractivity contribution is 0.523. The van der Waals surface area contributed by atoms with E-state index in [0.717, 1.165) is 29.7 Å². The van der Waals surface area contributed by atoms with Crippen LogP contribution in [0.4, 0.5) is 4.39 Å². The molecule has 1 aromatic heterocycles. The van der Waals surface area contributed by atoms with Gasteiger partial charge in [0.15, 0.2) is 0 Å². The molecule has 1 aromatic carbocycles. The van der Waals surface area contributed by atoms with Crippen molar-refractivity contribution in [1.82, 2.24) is 5.32 Å². The Morgan fingerprint density at radius 1 is 1.33 bits per heavy atom. The monoisotopic (exact) mass is 247 g/mol. The first-order chi connectivity index (χ1) is 8.70. The highest BCUT2D eigenvalue weighted by Crippen LogP contribution is 2.21. The SMILES string of the molecule is CCNC(Cc1cc(F)ccc1C)c1ccoc1. The summed E-state index contributed by atoms with van der Waals surface area (Å²) in [7, 11) is 0. The Hall–Kier alpha value is -1.61. The number of hydrogen-bond acceptors (Lipinski definition) is 2. The summed E-state index contributed by atoms with van der Waals surface area (Å²) in [6, 6.07) is 7.04. The first-order valence-corrected chi connectivity index (χ1v) is 6.21. The summed E-state index contributed by atoms with van der Waals surface area (Å²) in [6.07, 6.45) is 4.16. The Morgan fingerprint density at radius 2 is 2.17 bits per heavy atom. The van der Waals surface area contributed by atoms with E-state index in [-0.39, 0.29) is 11.9 Å². The zero-order chi connectivity index (χ0) is 13.0. The predicted molar refractivity (Wildman–Crippen MR) is 70.0 cm³/mol. The zero-order valence-electron chi connectivity index (χ0n) is 10.7. The highest BCUT2D eigenvalue weighted by molar-refractivity contribution is 5.29. The van der Waals surface area contributed by atoms with Crippen molar-refractivity contribution in [3.05, 3.63) is 59.3 Å². The van der Waals surface area contributed by atoms with Crippen LogP contribution in [0.3, 0.4) is 0 Å². The van der Waals surface area contributed by atoms with E-state index in [1.165, 1.54) is 6.07 Å². The van der Waals surface area contributed by atoms with Crippen molar-refractivity contribution in [2.45, 2.75) is 26.3 Å². The molecule has 3 heteroatoms. The van der Waals surface area contributed by atoms with Crippen molar-refractivity contribution in [2.24, 2.45) is 0 Å². The summed E-state index contributed by atoms with van der Waals surface area (Å²) < 4.78 is 18.4. The molecule has 0 aliphatic heterocycles. The standard InChI is InChI=1S/C15H18FNO/c1-3-17-15(12-6-7-18-10-12)9-13-8-14(16)5-4-11(13)2/h4-8,10,15,17H,3,9H2,1-2H3. The Morgan fingerprint density at radius 3 is 2.83 bits per heavy atom. The van der Waals surface area contributed by atoms with Crippen LogP contribution in [0.25, 0.3) is 0 Å². The molecule has 96 valence electrons. The molecule has 0 fully saturated rings. The average molecular weight is 247 g/mol. The molecular weight excluding hydrogens is 229 g/mol. The first-order valence-electron chi connectivity index (χ1n) is 6.21. The van der Waals surface area contributed by atoms with Gasteiger partial charge in [0.1, 0.15) is 5.82 Å². The molecule has 0 spiro atoms. The fourth-order valence-electron chi connectivity index (χ4n) is 2.11. The quantitative estimate of drug-likeness (QED) is 0.873. The highest BCUT2D eigenvalue weighted by Gasteiger charge is 2.14. The number of hydrogen-bond donors (Lipinski definition) is 1. The smallest absolute Gasteiger partial charge is 0.123 e. The van der Waals surface area contributed by atoms with Gasteiger partial charge in [-0.05, 0) is 49.2 Å². The molecule has 0 saturated carbocycles. The minimum absolute atomic E-state index is 0.161. The van der Waals surface area contributed by atoms with Gasteiger partial charge in [0.25, 0.3) is 0 Å². The minimum Gasteiger partial charge on any atom is -0.472 e. The maximum Gasteiger partial charge on any atom is 0.123 e. The van der Waals surface area contributed by atoms with Crippen LogP contribution in [-0.2, 0) is 6.42 Å². The molecule has 1 atom stereocenters. The summed E-state index contributed by atoms with van der Waals surface area (Å²) in [5.41, 5.74) is 3.24. The van der Waals surface area contributed by atoms with E-state index in [1.54, 1.807) is 18.6 Å². The zero-order valence-corrected chi connectivity index (χ0v) is 10.7. The third-order valence-electron chi connectivity index (χ3n) is 3.13. The molecule has 18 heavy (non-hydrogen) atoms. The fourth-order valence-corrected chi connectivity index (χ4v) is 2.11. The van der Waals surface area contributed by atoms with Crippen molar-refractivity contribution in [3.63, 3.8) is 0 Å². The molecular formula is C15H18FNO. The topological polar surface area (TPSA) is 25.2 Å². The number of likely N-dealkylation sites (N-methyl/N-ethyl adjacent to an activating group) is 1. The van der Waals surface area contributed by atoms with Gasteiger partial charge in [-0.25, -0.2) is 4.39 Å².